The zero-order valence-corrected chi connectivity index (χ0v) is 10.6. The highest BCUT2D eigenvalue weighted by Gasteiger charge is 2.38. The van der Waals surface area contributed by atoms with Crippen LogP contribution in [0.5, 0.6) is 0 Å². The van der Waals surface area contributed by atoms with Crippen molar-refractivity contribution in [1.82, 2.24) is 4.90 Å². The van der Waals surface area contributed by atoms with Crippen molar-refractivity contribution in [2.24, 2.45) is 0 Å². The number of carbonyl (C=O) groups excluding carboxylic acids is 1. The molecule has 1 fully saturated rings. The Labute approximate surface area is 115 Å². The van der Waals surface area contributed by atoms with E-state index in [-0.39, 0.29) is 19.6 Å². The minimum absolute atomic E-state index is 0.00836. The van der Waals surface area contributed by atoms with E-state index in [1.165, 1.54) is 0 Å². The zero-order valence-electron chi connectivity index (χ0n) is 10.6. The second-order valence-electron chi connectivity index (χ2n) is 4.42. The summed E-state index contributed by atoms with van der Waals surface area (Å²) in [6.07, 6.45) is -3.98. The van der Waals surface area contributed by atoms with Gasteiger partial charge in [-0.25, -0.2) is 9.59 Å². The van der Waals surface area contributed by atoms with Gasteiger partial charge >= 0.3 is 12.2 Å². The van der Waals surface area contributed by atoms with Gasteiger partial charge in [0.2, 0.25) is 0 Å². The van der Waals surface area contributed by atoms with E-state index in [0.29, 0.717) is 0 Å². The van der Waals surface area contributed by atoms with Crippen LogP contribution >= 0.6 is 0 Å². The lowest BCUT2D eigenvalue weighted by atomic mass is 10.2. The van der Waals surface area contributed by atoms with Gasteiger partial charge in [0.05, 0.1) is 12.6 Å². The van der Waals surface area contributed by atoms with Crippen molar-refractivity contribution in [2.75, 3.05) is 6.54 Å². The summed E-state index contributed by atoms with van der Waals surface area (Å²) in [4.78, 5) is 23.5. The van der Waals surface area contributed by atoms with Crippen LogP contribution in [-0.2, 0) is 16.1 Å². The summed E-state index contributed by atoms with van der Waals surface area (Å²) in [5, 5.41) is 18.1. The Morgan fingerprint density at radius 2 is 2.00 bits per heavy atom. The van der Waals surface area contributed by atoms with Crippen LogP contribution in [0.15, 0.2) is 30.3 Å². The summed E-state index contributed by atoms with van der Waals surface area (Å²) in [6, 6.07) is 9.09. The summed E-state index contributed by atoms with van der Waals surface area (Å²) in [7, 11) is 0. The number of carbonyl (C=O) groups is 2. The first-order valence-corrected chi connectivity index (χ1v) is 6.11. The Bertz CT molecular complexity index is 477. The molecule has 1 amide bonds. The molecule has 1 heterocycles. The Morgan fingerprint density at radius 1 is 1.30 bits per heavy atom. The number of rotatable bonds is 3. The fourth-order valence-corrected chi connectivity index (χ4v) is 2.00. The number of benzene rings is 1. The third kappa shape index (κ3) is 3.61. The average molecular weight is 281 g/mol. The number of hydrogen-bond donors (Lipinski definition) is 2. The Kier molecular flexibility index (Phi) is 4.41. The first-order valence-electron chi connectivity index (χ1n) is 6.11. The van der Waals surface area contributed by atoms with Crippen molar-refractivity contribution in [3.8, 4) is 0 Å². The highest BCUT2D eigenvalue weighted by Crippen LogP contribution is 2.20. The number of likely N-dealkylation sites (tertiary alicyclic amines) is 1. The van der Waals surface area contributed by atoms with Gasteiger partial charge in [-0.05, 0) is 5.56 Å². The number of aliphatic hydroxyl groups excluding tert-OH is 1. The number of nitrogens with zero attached hydrogens (tertiary/aromatic N) is 1. The maximum atomic E-state index is 11.9. The van der Waals surface area contributed by atoms with Crippen LogP contribution in [0.4, 0.5) is 9.59 Å². The molecule has 1 aliphatic rings. The number of aliphatic hydroxyl groups is 1. The first-order chi connectivity index (χ1) is 9.56. The van der Waals surface area contributed by atoms with Crippen molar-refractivity contribution < 1.29 is 29.3 Å². The lowest BCUT2D eigenvalue weighted by Gasteiger charge is -2.22. The second kappa shape index (κ2) is 6.25. The maximum absolute atomic E-state index is 11.9. The maximum Gasteiger partial charge on any atom is 0.507 e. The van der Waals surface area contributed by atoms with Gasteiger partial charge in [-0.1, -0.05) is 30.3 Å². The molecule has 2 rings (SSSR count). The van der Waals surface area contributed by atoms with Crippen LogP contribution in [0.25, 0.3) is 0 Å². The summed E-state index contributed by atoms with van der Waals surface area (Å²) in [5.41, 5.74) is 0.816. The molecule has 1 saturated heterocycles. The largest absolute Gasteiger partial charge is 0.507 e. The highest BCUT2D eigenvalue weighted by atomic mass is 16.7. The minimum Gasteiger partial charge on any atom is -0.450 e. The molecule has 7 heteroatoms. The van der Waals surface area contributed by atoms with E-state index in [2.05, 4.69) is 4.74 Å². The number of amides is 1. The molecule has 7 nitrogen and oxygen atoms in total. The second-order valence-corrected chi connectivity index (χ2v) is 4.42. The van der Waals surface area contributed by atoms with Gasteiger partial charge in [0, 0.05) is 6.42 Å². The van der Waals surface area contributed by atoms with E-state index >= 15 is 0 Å². The number of ether oxygens (including phenoxy) is 2. The zero-order chi connectivity index (χ0) is 14.5. The molecule has 0 spiro atoms. The minimum atomic E-state index is -1.50. The van der Waals surface area contributed by atoms with E-state index in [0.717, 1.165) is 10.5 Å². The highest BCUT2D eigenvalue weighted by molar-refractivity contribution is 5.69. The van der Waals surface area contributed by atoms with Gasteiger partial charge in [-0.3, -0.25) is 4.90 Å². The molecule has 20 heavy (non-hydrogen) atoms. The topological polar surface area (TPSA) is 96.3 Å². The molecule has 0 aromatic heterocycles. The molecule has 1 aromatic carbocycles. The van der Waals surface area contributed by atoms with Crippen LogP contribution in [-0.4, -0.2) is 46.2 Å². The van der Waals surface area contributed by atoms with Crippen LogP contribution in [0.2, 0.25) is 0 Å². The lowest BCUT2D eigenvalue weighted by Crippen LogP contribution is -2.38. The molecule has 0 saturated carbocycles. The summed E-state index contributed by atoms with van der Waals surface area (Å²) in [5.74, 6) is 0. The molecular weight excluding hydrogens is 266 g/mol. The molecule has 108 valence electrons. The lowest BCUT2D eigenvalue weighted by molar-refractivity contribution is -0.0148. The third-order valence-corrected chi connectivity index (χ3v) is 2.91. The van der Waals surface area contributed by atoms with Gasteiger partial charge in [0.15, 0.2) is 6.23 Å². The van der Waals surface area contributed by atoms with Crippen molar-refractivity contribution in [1.29, 1.82) is 0 Å². The number of hydrogen-bond acceptors (Lipinski definition) is 5. The Morgan fingerprint density at radius 3 is 2.65 bits per heavy atom. The fourth-order valence-electron chi connectivity index (χ4n) is 2.00. The van der Waals surface area contributed by atoms with Crippen LogP contribution in [0.3, 0.4) is 0 Å². The van der Waals surface area contributed by atoms with E-state index in [9.17, 15) is 14.7 Å². The standard InChI is InChI=1S/C13H15NO6/c15-10-6-11(20-13(17)18)14(7-10)12(16)19-8-9-4-2-1-3-5-9/h1-5,10-11,15H,6-8H2,(H,17,18)/t10-,11-/m1/s1. The summed E-state index contributed by atoms with van der Waals surface area (Å²) < 4.78 is 9.62. The van der Waals surface area contributed by atoms with E-state index < -0.39 is 24.6 Å². The van der Waals surface area contributed by atoms with Gasteiger partial charge in [-0.2, -0.15) is 0 Å². The van der Waals surface area contributed by atoms with Crippen LogP contribution < -0.4 is 0 Å². The number of carboxylic acid groups (broad SMARTS) is 1. The molecule has 2 atom stereocenters. The predicted molar refractivity (Wildman–Crippen MR) is 66.9 cm³/mol. The normalized spacial score (nSPS) is 21.6. The fraction of sp³-hybridized carbons (Fsp3) is 0.385. The Hall–Kier alpha value is -2.28. The molecular formula is C13H15NO6. The predicted octanol–water partition coefficient (Wildman–Crippen LogP) is 1.41. The summed E-state index contributed by atoms with van der Waals surface area (Å²) >= 11 is 0. The molecule has 0 radical (unpaired) electrons. The molecule has 0 unspecified atom stereocenters. The monoisotopic (exact) mass is 281 g/mol. The van der Waals surface area contributed by atoms with E-state index in [4.69, 9.17) is 9.84 Å². The SMILES string of the molecule is O=C(O)O[C@@H]1C[C@@H](O)CN1C(=O)OCc1ccccc1. The molecule has 1 aliphatic heterocycles. The smallest absolute Gasteiger partial charge is 0.450 e. The molecule has 1 aromatic rings. The van der Waals surface area contributed by atoms with Gasteiger partial charge in [-0.15, -0.1) is 0 Å². The average Bonchev–Trinajstić information content (AvgIpc) is 2.77. The van der Waals surface area contributed by atoms with Crippen molar-refractivity contribution in [3.05, 3.63) is 35.9 Å². The Balaban J connectivity index is 1.91. The molecule has 0 bridgehead atoms. The van der Waals surface area contributed by atoms with Crippen molar-refractivity contribution in [2.45, 2.75) is 25.4 Å². The van der Waals surface area contributed by atoms with E-state index in [1.807, 2.05) is 18.2 Å². The third-order valence-electron chi connectivity index (χ3n) is 2.91. The quantitative estimate of drug-likeness (QED) is 0.813. The number of β-amino-alcohol motifs (C(OH)–C–C–N with tert-alkyl or cyclic N) is 1. The van der Waals surface area contributed by atoms with E-state index in [1.54, 1.807) is 12.1 Å². The van der Waals surface area contributed by atoms with Crippen molar-refractivity contribution >= 4 is 12.2 Å². The van der Waals surface area contributed by atoms with Crippen molar-refractivity contribution in [3.63, 3.8) is 0 Å². The van der Waals surface area contributed by atoms with Gasteiger partial charge < -0.3 is 19.7 Å². The van der Waals surface area contributed by atoms with Crippen LogP contribution in [0.1, 0.15) is 12.0 Å². The van der Waals surface area contributed by atoms with Crippen LogP contribution in [0, 0.1) is 0 Å². The van der Waals surface area contributed by atoms with Gasteiger partial charge in [0.1, 0.15) is 6.61 Å². The molecule has 2 N–H and O–H groups in total. The first kappa shape index (κ1) is 14.1. The van der Waals surface area contributed by atoms with Gasteiger partial charge in [0.25, 0.3) is 0 Å². The molecule has 0 aliphatic carbocycles. The summed E-state index contributed by atoms with van der Waals surface area (Å²) in [6.45, 7) is 0.0671.